The van der Waals surface area contributed by atoms with Crippen LogP contribution in [0.4, 0.5) is 13.2 Å². The van der Waals surface area contributed by atoms with Gasteiger partial charge in [0.15, 0.2) is 5.16 Å². The molecule has 1 heterocycles. The first-order valence-electron chi connectivity index (χ1n) is 9.06. The van der Waals surface area contributed by atoms with Crippen molar-refractivity contribution in [2.45, 2.75) is 37.4 Å². The van der Waals surface area contributed by atoms with Crippen molar-refractivity contribution in [3.05, 3.63) is 92.4 Å². The summed E-state index contributed by atoms with van der Waals surface area (Å²) in [5.74, 6) is 0.426. The lowest BCUT2D eigenvalue weighted by Crippen LogP contribution is -2.26. The molecule has 0 unspecified atom stereocenters. The number of thioether (sulfide) groups is 1. The second-order valence-corrected chi connectivity index (χ2v) is 7.85. The fraction of sp³-hybridized carbons (Fsp3) is 0.273. The van der Waals surface area contributed by atoms with E-state index in [1.54, 1.807) is 7.05 Å². The highest BCUT2D eigenvalue weighted by Crippen LogP contribution is 2.30. The maximum atomic E-state index is 12.9. The summed E-state index contributed by atoms with van der Waals surface area (Å²) in [7, 11) is 1.67. The van der Waals surface area contributed by atoms with Gasteiger partial charge in [-0.05, 0) is 42.7 Å². The number of benzene rings is 2. The molecule has 3 nitrogen and oxygen atoms in total. The molecule has 7 heteroatoms. The van der Waals surface area contributed by atoms with Crippen molar-refractivity contribution in [3.63, 3.8) is 0 Å². The molecular weight excluding hydrogens is 397 g/mol. The Kier molecular flexibility index (Phi) is 6.17. The molecule has 1 aromatic heterocycles. The predicted octanol–water partition coefficient (Wildman–Crippen LogP) is 5.30. The van der Waals surface area contributed by atoms with Crippen LogP contribution in [0.1, 0.15) is 33.5 Å². The smallest absolute Gasteiger partial charge is 0.291 e. The Bertz CT molecular complexity index is 1070. The SMILES string of the molecule is Cc1ccccc1Cc1c(C)nc(SCc2ccc(C(F)(F)F)cc2)n(C)c1=O. The zero-order chi connectivity index (χ0) is 21.2. The Labute approximate surface area is 171 Å². The maximum Gasteiger partial charge on any atom is 0.416 e. The molecule has 0 aliphatic heterocycles. The molecule has 2 aromatic carbocycles. The number of alkyl halides is 3. The summed E-state index contributed by atoms with van der Waals surface area (Å²) in [5.41, 5.74) is 3.49. The van der Waals surface area contributed by atoms with Crippen molar-refractivity contribution in [2.75, 3.05) is 0 Å². The van der Waals surface area contributed by atoms with Gasteiger partial charge in [0.2, 0.25) is 0 Å². The van der Waals surface area contributed by atoms with E-state index < -0.39 is 11.7 Å². The molecule has 0 amide bonds. The average Bonchev–Trinajstić information content (AvgIpc) is 2.68. The Morgan fingerprint density at radius 1 is 1.03 bits per heavy atom. The van der Waals surface area contributed by atoms with E-state index in [9.17, 15) is 18.0 Å². The van der Waals surface area contributed by atoms with Crippen molar-refractivity contribution in [3.8, 4) is 0 Å². The van der Waals surface area contributed by atoms with Gasteiger partial charge in [0, 0.05) is 30.5 Å². The summed E-state index contributed by atoms with van der Waals surface area (Å²) in [6.07, 6.45) is -3.83. The van der Waals surface area contributed by atoms with E-state index in [1.807, 2.05) is 38.1 Å². The summed E-state index contributed by atoms with van der Waals surface area (Å²) >= 11 is 1.33. The molecule has 0 spiro atoms. The summed E-state index contributed by atoms with van der Waals surface area (Å²) in [6, 6.07) is 13.0. The van der Waals surface area contributed by atoms with Crippen molar-refractivity contribution in [2.24, 2.45) is 7.05 Å². The maximum absolute atomic E-state index is 12.9. The van der Waals surface area contributed by atoms with Gasteiger partial charge in [-0.2, -0.15) is 13.2 Å². The van der Waals surface area contributed by atoms with Gasteiger partial charge in [0.1, 0.15) is 0 Å². The van der Waals surface area contributed by atoms with Crippen LogP contribution in [0.2, 0.25) is 0 Å². The fourth-order valence-electron chi connectivity index (χ4n) is 3.00. The minimum atomic E-state index is -4.35. The van der Waals surface area contributed by atoms with Crippen molar-refractivity contribution >= 4 is 11.8 Å². The molecule has 0 saturated carbocycles. The van der Waals surface area contributed by atoms with Gasteiger partial charge in [-0.25, -0.2) is 4.98 Å². The Morgan fingerprint density at radius 3 is 2.31 bits per heavy atom. The highest BCUT2D eigenvalue weighted by atomic mass is 32.2. The highest BCUT2D eigenvalue weighted by molar-refractivity contribution is 7.98. The summed E-state index contributed by atoms with van der Waals surface area (Å²) in [4.78, 5) is 17.5. The van der Waals surface area contributed by atoms with Crippen LogP contribution in [0.5, 0.6) is 0 Å². The van der Waals surface area contributed by atoms with E-state index in [-0.39, 0.29) is 5.56 Å². The molecule has 0 N–H and O–H groups in total. The van der Waals surface area contributed by atoms with Gasteiger partial charge in [-0.15, -0.1) is 0 Å². The molecule has 0 bridgehead atoms. The largest absolute Gasteiger partial charge is 0.416 e. The number of halogens is 3. The Balaban J connectivity index is 1.79. The molecule has 0 radical (unpaired) electrons. The third-order valence-corrected chi connectivity index (χ3v) is 5.93. The molecule has 0 aliphatic rings. The predicted molar refractivity (Wildman–Crippen MR) is 109 cm³/mol. The van der Waals surface area contributed by atoms with Gasteiger partial charge in [-0.1, -0.05) is 48.2 Å². The summed E-state index contributed by atoms with van der Waals surface area (Å²) in [6.45, 7) is 3.83. The molecule has 3 rings (SSSR count). The van der Waals surface area contributed by atoms with E-state index in [4.69, 9.17) is 0 Å². The van der Waals surface area contributed by atoms with Crippen LogP contribution in [0.15, 0.2) is 58.5 Å². The molecule has 0 aliphatic carbocycles. The van der Waals surface area contributed by atoms with Gasteiger partial charge >= 0.3 is 6.18 Å². The number of hydrogen-bond donors (Lipinski definition) is 0. The molecule has 29 heavy (non-hydrogen) atoms. The standard InChI is InChI=1S/C22H21F3N2OS/c1-14-6-4-5-7-17(14)12-19-15(2)26-21(27(3)20(19)28)29-13-16-8-10-18(11-9-16)22(23,24)25/h4-11H,12-13H2,1-3H3. The van der Waals surface area contributed by atoms with Crippen molar-refractivity contribution in [1.82, 2.24) is 9.55 Å². The van der Waals surface area contributed by atoms with Gasteiger partial charge in [0.25, 0.3) is 5.56 Å². The summed E-state index contributed by atoms with van der Waals surface area (Å²) in [5, 5.41) is 0.543. The minimum absolute atomic E-state index is 0.101. The number of rotatable bonds is 5. The van der Waals surface area contributed by atoms with E-state index in [1.165, 1.54) is 28.5 Å². The monoisotopic (exact) mass is 418 g/mol. The van der Waals surface area contributed by atoms with Crippen molar-refractivity contribution < 1.29 is 13.2 Å². The minimum Gasteiger partial charge on any atom is -0.291 e. The highest BCUT2D eigenvalue weighted by Gasteiger charge is 2.29. The van der Waals surface area contributed by atoms with Crippen LogP contribution < -0.4 is 5.56 Å². The molecular formula is C22H21F3N2OS. The van der Waals surface area contributed by atoms with E-state index in [0.29, 0.717) is 28.6 Å². The molecule has 152 valence electrons. The first-order valence-corrected chi connectivity index (χ1v) is 10.1. The van der Waals surface area contributed by atoms with Crippen molar-refractivity contribution in [1.29, 1.82) is 0 Å². The molecule has 0 saturated heterocycles. The van der Waals surface area contributed by atoms with Crippen LogP contribution in [0.25, 0.3) is 0 Å². The Hall–Kier alpha value is -2.54. The van der Waals surface area contributed by atoms with Crippen LogP contribution >= 0.6 is 11.8 Å². The number of hydrogen-bond acceptors (Lipinski definition) is 3. The van der Waals surface area contributed by atoms with E-state index >= 15 is 0 Å². The quantitative estimate of drug-likeness (QED) is 0.417. The number of nitrogens with zero attached hydrogens (tertiary/aromatic N) is 2. The zero-order valence-electron chi connectivity index (χ0n) is 16.4. The third kappa shape index (κ3) is 4.90. The van der Waals surface area contributed by atoms with Gasteiger partial charge in [0.05, 0.1) is 5.56 Å². The van der Waals surface area contributed by atoms with Crippen LogP contribution in [0.3, 0.4) is 0 Å². The second-order valence-electron chi connectivity index (χ2n) is 6.91. The Morgan fingerprint density at radius 2 is 1.69 bits per heavy atom. The van der Waals surface area contributed by atoms with Crippen LogP contribution in [0, 0.1) is 13.8 Å². The average molecular weight is 418 g/mol. The van der Waals surface area contributed by atoms with Gasteiger partial charge in [-0.3, -0.25) is 9.36 Å². The first kappa shape index (κ1) is 21.2. The lowest BCUT2D eigenvalue weighted by atomic mass is 10.0. The van der Waals surface area contributed by atoms with Crippen LogP contribution in [-0.4, -0.2) is 9.55 Å². The van der Waals surface area contributed by atoms with Crippen LogP contribution in [-0.2, 0) is 25.4 Å². The van der Waals surface area contributed by atoms with E-state index in [2.05, 4.69) is 4.98 Å². The normalized spacial score (nSPS) is 11.7. The second kappa shape index (κ2) is 8.45. The zero-order valence-corrected chi connectivity index (χ0v) is 17.2. The fourth-order valence-corrected chi connectivity index (χ4v) is 3.97. The van der Waals surface area contributed by atoms with Gasteiger partial charge < -0.3 is 0 Å². The topological polar surface area (TPSA) is 34.9 Å². The molecule has 0 atom stereocenters. The lowest BCUT2D eigenvalue weighted by Gasteiger charge is -2.13. The third-order valence-electron chi connectivity index (χ3n) is 4.83. The number of aromatic nitrogens is 2. The lowest BCUT2D eigenvalue weighted by molar-refractivity contribution is -0.137. The molecule has 0 fully saturated rings. The molecule has 3 aromatic rings. The summed E-state index contributed by atoms with van der Waals surface area (Å²) < 4.78 is 39.5. The van der Waals surface area contributed by atoms with E-state index in [0.717, 1.165) is 28.8 Å². The number of aryl methyl sites for hydroxylation is 2. The first-order chi connectivity index (χ1) is 13.7.